The van der Waals surface area contributed by atoms with Gasteiger partial charge in [0.2, 0.25) is 0 Å². The first-order chi connectivity index (χ1) is 9.99. The molecule has 0 heterocycles. The first kappa shape index (κ1) is 14.1. The Balaban J connectivity index is 2.18. The zero-order chi connectivity index (χ0) is 15.1. The van der Waals surface area contributed by atoms with Gasteiger partial charge in [0.25, 0.3) is 0 Å². The van der Waals surface area contributed by atoms with E-state index in [0.717, 1.165) is 35.1 Å². The minimum atomic E-state index is -0.935. The highest BCUT2D eigenvalue weighted by Gasteiger charge is 2.34. The molecule has 21 heavy (non-hydrogen) atoms. The van der Waals surface area contributed by atoms with Gasteiger partial charge in [-0.25, -0.2) is 4.79 Å². The molecule has 3 heteroatoms. The molecule has 1 saturated carbocycles. The van der Waals surface area contributed by atoms with E-state index < -0.39 is 12.1 Å². The fraction of sp³-hybridized carbons (Fsp3) is 0.389. The Morgan fingerprint density at radius 3 is 2.48 bits per heavy atom. The van der Waals surface area contributed by atoms with Crippen molar-refractivity contribution in [3.63, 3.8) is 0 Å². The van der Waals surface area contributed by atoms with Crippen molar-refractivity contribution in [2.75, 3.05) is 0 Å². The van der Waals surface area contributed by atoms with Gasteiger partial charge in [0.1, 0.15) is 0 Å². The van der Waals surface area contributed by atoms with Crippen molar-refractivity contribution in [2.45, 2.75) is 38.7 Å². The van der Waals surface area contributed by atoms with Gasteiger partial charge in [-0.15, -0.1) is 0 Å². The summed E-state index contributed by atoms with van der Waals surface area (Å²) in [5, 5.41) is 19.9. The second-order valence-corrected chi connectivity index (χ2v) is 6.25. The van der Waals surface area contributed by atoms with Gasteiger partial charge in [-0.05, 0) is 53.0 Å². The molecular formula is C18H20O3. The maximum atomic E-state index is 11.5. The van der Waals surface area contributed by atoms with Gasteiger partial charge in [0.15, 0.2) is 0 Å². The van der Waals surface area contributed by atoms with Crippen LogP contribution < -0.4 is 0 Å². The van der Waals surface area contributed by atoms with E-state index >= 15 is 0 Å². The molecule has 0 saturated heterocycles. The van der Waals surface area contributed by atoms with E-state index in [1.165, 1.54) is 0 Å². The van der Waals surface area contributed by atoms with Crippen LogP contribution >= 0.6 is 0 Å². The van der Waals surface area contributed by atoms with Crippen molar-refractivity contribution in [1.82, 2.24) is 0 Å². The summed E-state index contributed by atoms with van der Waals surface area (Å²) in [6, 6.07) is 9.50. The summed E-state index contributed by atoms with van der Waals surface area (Å²) in [7, 11) is 0. The summed E-state index contributed by atoms with van der Waals surface area (Å²) in [5.41, 5.74) is 3.74. The van der Waals surface area contributed by atoms with Gasteiger partial charge in [-0.3, -0.25) is 0 Å². The smallest absolute Gasteiger partial charge is 0.336 e. The average molecular weight is 284 g/mol. The van der Waals surface area contributed by atoms with Crippen LogP contribution in [-0.4, -0.2) is 16.2 Å². The highest BCUT2D eigenvalue weighted by molar-refractivity contribution is 5.99. The van der Waals surface area contributed by atoms with E-state index in [1.54, 1.807) is 6.07 Å². The number of carboxylic acid groups (broad SMARTS) is 1. The number of carboxylic acids is 1. The van der Waals surface area contributed by atoms with Crippen molar-refractivity contribution in [3.05, 3.63) is 47.0 Å². The lowest BCUT2D eigenvalue weighted by molar-refractivity contribution is 0.0698. The molecule has 3 nitrogen and oxygen atoms in total. The Labute approximate surface area is 124 Å². The van der Waals surface area contributed by atoms with Crippen LogP contribution in [0.2, 0.25) is 0 Å². The third kappa shape index (κ3) is 2.54. The quantitative estimate of drug-likeness (QED) is 0.890. The fourth-order valence-corrected chi connectivity index (χ4v) is 2.87. The number of rotatable bonds is 4. The van der Waals surface area contributed by atoms with Gasteiger partial charge >= 0.3 is 5.97 Å². The summed E-state index contributed by atoms with van der Waals surface area (Å²) < 4.78 is 0. The molecule has 0 aromatic rings. The molecule has 3 aliphatic rings. The van der Waals surface area contributed by atoms with Crippen molar-refractivity contribution < 1.29 is 15.0 Å². The Hall–Kier alpha value is -1.87. The average Bonchev–Trinajstić information content (AvgIpc) is 3.22. The molecule has 0 aromatic heterocycles. The van der Waals surface area contributed by atoms with Crippen LogP contribution in [0.4, 0.5) is 0 Å². The number of hydrogen-bond donors (Lipinski definition) is 2. The fourth-order valence-electron chi connectivity index (χ4n) is 2.87. The lowest BCUT2D eigenvalue weighted by Gasteiger charge is -2.09. The molecule has 0 amide bonds. The van der Waals surface area contributed by atoms with Crippen LogP contribution in [0.1, 0.15) is 60.2 Å². The predicted molar refractivity (Wildman–Crippen MR) is 81.8 cm³/mol. The number of hydrogen-bond acceptors (Lipinski definition) is 2. The lowest BCUT2D eigenvalue weighted by atomic mass is 10.00. The zero-order valence-corrected chi connectivity index (χ0v) is 12.3. The van der Waals surface area contributed by atoms with Crippen molar-refractivity contribution in [3.8, 4) is 11.1 Å². The molecule has 110 valence electrons. The molecular weight excluding hydrogens is 264 g/mol. The van der Waals surface area contributed by atoms with Crippen LogP contribution in [0.3, 0.4) is 0 Å². The maximum Gasteiger partial charge on any atom is 0.336 e. The second-order valence-electron chi connectivity index (χ2n) is 6.25. The molecule has 1 fully saturated rings. The Morgan fingerprint density at radius 2 is 1.90 bits per heavy atom. The summed E-state index contributed by atoms with van der Waals surface area (Å²) in [6.45, 7) is 4.18. The standard InChI is InChI=1S/C18H20O3/c1-10(2)12-4-3-5-13-14(8-12)16(18(20)21)9-15(13)17(19)11-6-7-11/h3-5,8-11,17,19H,6-7H2,1-2H3,(H,20,21). The topological polar surface area (TPSA) is 57.5 Å². The minimum Gasteiger partial charge on any atom is -0.478 e. The number of aliphatic hydroxyl groups is 1. The molecule has 1 atom stereocenters. The third-order valence-electron chi connectivity index (χ3n) is 4.34. The van der Waals surface area contributed by atoms with Crippen LogP contribution in [0, 0.1) is 5.92 Å². The molecule has 0 aromatic carbocycles. The molecule has 3 rings (SSSR count). The van der Waals surface area contributed by atoms with E-state index in [9.17, 15) is 15.0 Å². The highest BCUT2D eigenvalue weighted by atomic mass is 16.4. The third-order valence-corrected chi connectivity index (χ3v) is 4.34. The molecule has 0 radical (unpaired) electrons. The number of carbonyl (C=O) groups is 1. The molecule has 1 unspecified atom stereocenters. The Kier molecular flexibility index (Phi) is 3.46. The van der Waals surface area contributed by atoms with E-state index in [2.05, 4.69) is 13.8 Å². The van der Waals surface area contributed by atoms with Gasteiger partial charge in [-0.2, -0.15) is 0 Å². The van der Waals surface area contributed by atoms with E-state index in [4.69, 9.17) is 0 Å². The summed E-state index contributed by atoms with van der Waals surface area (Å²) >= 11 is 0. The first-order valence-corrected chi connectivity index (χ1v) is 7.47. The zero-order valence-electron chi connectivity index (χ0n) is 12.3. The van der Waals surface area contributed by atoms with E-state index in [1.807, 2.05) is 24.3 Å². The lowest BCUT2D eigenvalue weighted by Crippen LogP contribution is -1.98. The number of aliphatic hydroxyl groups excluding tert-OH is 1. The SMILES string of the molecule is CC(C)c1cccc2c(C(O)C3CC3)cc(C(=O)O)c-2c1. The first-order valence-electron chi connectivity index (χ1n) is 7.47. The van der Waals surface area contributed by atoms with Crippen LogP contribution in [0.5, 0.6) is 0 Å². The largest absolute Gasteiger partial charge is 0.478 e. The maximum absolute atomic E-state index is 11.5. The minimum absolute atomic E-state index is 0.285. The van der Waals surface area contributed by atoms with Gasteiger partial charge < -0.3 is 10.2 Å². The molecule has 0 aliphatic heterocycles. The van der Waals surface area contributed by atoms with Gasteiger partial charge in [-0.1, -0.05) is 38.1 Å². The second kappa shape index (κ2) is 5.15. The van der Waals surface area contributed by atoms with Crippen LogP contribution in [-0.2, 0) is 0 Å². The normalized spacial score (nSPS) is 16.4. The molecule has 3 aliphatic carbocycles. The van der Waals surface area contributed by atoms with Crippen LogP contribution in [0.15, 0.2) is 30.3 Å². The van der Waals surface area contributed by atoms with Crippen LogP contribution in [0.25, 0.3) is 11.1 Å². The summed E-state index contributed by atoms with van der Waals surface area (Å²) in [5.74, 6) is -0.323. The van der Waals surface area contributed by atoms with Crippen molar-refractivity contribution in [2.24, 2.45) is 5.92 Å². The molecule has 0 bridgehead atoms. The Bertz CT molecular complexity index is 656. The monoisotopic (exact) mass is 284 g/mol. The van der Waals surface area contributed by atoms with Crippen molar-refractivity contribution in [1.29, 1.82) is 0 Å². The van der Waals surface area contributed by atoms with Crippen molar-refractivity contribution >= 4 is 5.97 Å². The van der Waals surface area contributed by atoms with E-state index in [0.29, 0.717) is 5.92 Å². The molecule has 0 spiro atoms. The summed E-state index contributed by atoms with van der Waals surface area (Å²) in [4.78, 5) is 11.5. The number of aromatic carboxylic acids is 1. The van der Waals surface area contributed by atoms with Gasteiger partial charge in [0.05, 0.1) is 11.7 Å². The molecule has 2 N–H and O–H groups in total. The van der Waals surface area contributed by atoms with Gasteiger partial charge in [0, 0.05) is 0 Å². The highest BCUT2D eigenvalue weighted by Crippen LogP contribution is 2.46. The predicted octanol–water partition coefficient (Wildman–Crippen LogP) is 4.06. The Morgan fingerprint density at radius 1 is 1.19 bits per heavy atom. The summed E-state index contributed by atoms with van der Waals surface area (Å²) in [6.07, 6.45) is 1.49. The number of fused-ring (bicyclic) bond motifs is 1. The van der Waals surface area contributed by atoms with E-state index in [-0.39, 0.29) is 11.5 Å².